The van der Waals surface area contributed by atoms with Crippen molar-refractivity contribution < 1.29 is 28.6 Å². The van der Waals surface area contributed by atoms with Gasteiger partial charge in [0, 0.05) is 12.8 Å². The molecule has 0 saturated carbocycles. The normalized spacial score (nSPS) is 11.9. The highest BCUT2D eigenvalue weighted by molar-refractivity contribution is 9.10. The number of hydrogen-bond acceptors (Lipinski definition) is 6. The first-order valence-corrected chi connectivity index (χ1v) is 21.6. The van der Waals surface area contributed by atoms with Crippen LogP contribution in [0, 0.1) is 5.41 Å². The molecular formula is C42H79BrO6. The summed E-state index contributed by atoms with van der Waals surface area (Å²) in [5.41, 5.74) is -0.773. The Morgan fingerprint density at radius 3 is 0.959 bits per heavy atom. The Balaban J connectivity index is 4.37. The van der Waals surface area contributed by atoms with Gasteiger partial charge in [-0.2, -0.15) is 0 Å². The smallest absolute Gasteiger partial charge is 0.322 e. The lowest BCUT2D eigenvalue weighted by Crippen LogP contribution is -2.40. The number of rotatable bonds is 36. The molecule has 0 spiro atoms. The van der Waals surface area contributed by atoms with Crippen LogP contribution < -0.4 is 0 Å². The number of esters is 3. The Kier molecular flexibility index (Phi) is 32.0. The largest absolute Gasteiger partial charge is 0.465 e. The number of unbranched alkanes of at least 4 members (excludes halogenated alkanes) is 24. The Hall–Kier alpha value is -1.11. The summed E-state index contributed by atoms with van der Waals surface area (Å²) in [6, 6.07) is 0. The minimum Gasteiger partial charge on any atom is -0.465 e. The van der Waals surface area contributed by atoms with Crippen LogP contribution in [0.4, 0.5) is 0 Å². The summed E-state index contributed by atoms with van der Waals surface area (Å²) in [5.74, 6) is -0.889. The quantitative estimate of drug-likeness (QED) is 0.0274. The van der Waals surface area contributed by atoms with E-state index in [-0.39, 0.29) is 31.8 Å². The second-order valence-corrected chi connectivity index (χ2v) is 17.2. The van der Waals surface area contributed by atoms with Gasteiger partial charge in [-0.15, -0.1) is 0 Å². The van der Waals surface area contributed by atoms with E-state index in [0.717, 1.165) is 38.5 Å². The molecule has 0 heterocycles. The van der Waals surface area contributed by atoms with Gasteiger partial charge in [-0.3, -0.25) is 14.4 Å². The summed E-state index contributed by atoms with van der Waals surface area (Å²) in [6.45, 7) is 10.1. The standard InChI is InChI=1S/C42H79BrO6/c1-6-9-11-13-15-17-19-21-23-25-27-29-31-33-38(44)47-35-42(8-3,37-49-40(46)41(4,5)43)36-48-39(45)34-32-30-28-26-24-22-20-18-16-14-12-10-7-2/h6-37H2,1-5H3. The van der Waals surface area contributed by atoms with Crippen LogP contribution in [0.15, 0.2) is 0 Å². The number of ether oxygens (including phenoxy) is 3. The van der Waals surface area contributed by atoms with Crippen LogP contribution in [-0.4, -0.2) is 42.1 Å². The van der Waals surface area contributed by atoms with E-state index in [1.807, 2.05) is 6.92 Å². The van der Waals surface area contributed by atoms with E-state index in [4.69, 9.17) is 14.2 Å². The van der Waals surface area contributed by atoms with Crippen LogP contribution in [-0.2, 0) is 28.6 Å². The fourth-order valence-electron chi connectivity index (χ4n) is 6.01. The van der Waals surface area contributed by atoms with Gasteiger partial charge < -0.3 is 14.2 Å². The highest BCUT2D eigenvalue weighted by Crippen LogP contribution is 2.27. The minimum absolute atomic E-state index is 0.0232. The first kappa shape index (κ1) is 47.9. The highest BCUT2D eigenvalue weighted by atomic mass is 79.9. The second-order valence-electron chi connectivity index (χ2n) is 15.2. The minimum atomic E-state index is -0.831. The van der Waals surface area contributed by atoms with Gasteiger partial charge in [0.1, 0.15) is 24.1 Å². The maximum Gasteiger partial charge on any atom is 0.322 e. The summed E-state index contributed by atoms with van der Waals surface area (Å²) in [7, 11) is 0. The van der Waals surface area contributed by atoms with Gasteiger partial charge >= 0.3 is 17.9 Å². The van der Waals surface area contributed by atoms with E-state index >= 15 is 0 Å². The highest BCUT2D eigenvalue weighted by Gasteiger charge is 2.36. The van der Waals surface area contributed by atoms with Crippen LogP contribution in [0.5, 0.6) is 0 Å². The van der Waals surface area contributed by atoms with Gasteiger partial charge in [0.2, 0.25) is 0 Å². The fraction of sp³-hybridized carbons (Fsp3) is 0.929. The molecule has 0 aromatic carbocycles. The molecular weight excluding hydrogens is 680 g/mol. The Bertz CT molecular complexity index is 747. The zero-order valence-corrected chi connectivity index (χ0v) is 34.5. The zero-order chi connectivity index (χ0) is 36.5. The van der Waals surface area contributed by atoms with Crippen LogP contribution >= 0.6 is 15.9 Å². The van der Waals surface area contributed by atoms with Crippen molar-refractivity contribution in [1.29, 1.82) is 0 Å². The zero-order valence-electron chi connectivity index (χ0n) is 33.0. The van der Waals surface area contributed by atoms with Gasteiger partial charge in [-0.05, 0) is 33.1 Å². The molecule has 0 saturated heterocycles. The molecule has 0 fully saturated rings. The van der Waals surface area contributed by atoms with Crippen LogP contribution in [0.25, 0.3) is 0 Å². The van der Waals surface area contributed by atoms with Crippen molar-refractivity contribution in [3.63, 3.8) is 0 Å². The first-order chi connectivity index (χ1) is 23.6. The molecule has 290 valence electrons. The molecule has 0 bridgehead atoms. The second kappa shape index (κ2) is 32.8. The molecule has 0 aliphatic carbocycles. The Morgan fingerprint density at radius 2 is 0.694 bits per heavy atom. The molecule has 0 amide bonds. The van der Waals surface area contributed by atoms with E-state index < -0.39 is 15.7 Å². The first-order valence-electron chi connectivity index (χ1n) is 20.8. The van der Waals surface area contributed by atoms with Crippen molar-refractivity contribution in [2.45, 2.75) is 225 Å². The molecule has 0 aromatic rings. The van der Waals surface area contributed by atoms with Crippen LogP contribution in [0.3, 0.4) is 0 Å². The topological polar surface area (TPSA) is 78.9 Å². The van der Waals surface area contributed by atoms with Crippen molar-refractivity contribution >= 4 is 33.8 Å². The molecule has 0 radical (unpaired) electrons. The lowest BCUT2D eigenvalue weighted by atomic mass is 9.88. The average Bonchev–Trinajstić information content (AvgIpc) is 3.08. The van der Waals surface area contributed by atoms with Crippen LogP contribution in [0.1, 0.15) is 221 Å². The summed E-state index contributed by atoms with van der Waals surface area (Å²) in [4.78, 5) is 37.8. The Labute approximate surface area is 311 Å². The lowest BCUT2D eigenvalue weighted by Gasteiger charge is -2.32. The number of hydrogen-bond donors (Lipinski definition) is 0. The van der Waals surface area contributed by atoms with Crippen molar-refractivity contribution in [3.05, 3.63) is 0 Å². The number of halogens is 1. The van der Waals surface area contributed by atoms with E-state index in [9.17, 15) is 14.4 Å². The molecule has 0 aromatic heterocycles. The predicted molar refractivity (Wildman–Crippen MR) is 209 cm³/mol. The fourth-order valence-corrected chi connectivity index (χ4v) is 6.12. The predicted octanol–water partition coefficient (Wildman–Crippen LogP) is 13.1. The third-order valence-corrected chi connectivity index (χ3v) is 10.1. The third-order valence-electron chi connectivity index (χ3n) is 9.79. The van der Waals surface area contributed by atoms with Crippen molar-refractivity contribution in [1.82, 2.24) is 0 Å². The molecule has 0 N–H and O–H groups in total. The Morgan fingerprint density at radius 1 is 0.429 bits per heavy atom. The maximum atomic E-state index is 12.6. The molecule has 0 aliphatic heterocycles. The van der Waals surface area contributed by atoms with Gasteiger partial charge in [0.25, 0.3) is 0 Å². The van der Waals surface area contributed by atoms with E-state index in [1.54, 1.807) is 13.8 Å². The molecule has 0 unspecified atom stereocenters. The molecule has 49 heavy (non-hydrogen) atoms. The van der Waals surface area contributed by atoms with Gasteiger partial charge in [0.15, 0.2) is 0 Å². The van der Waals surface area contributed by atoms with Crippen LogP contribution in [0.2, 0.25) is 0 Å². The van der Waals surface area contributed by atoms with Gasteiger partial charge in [-0.25, -0.2) is 0 Å². The van der Waals surface area contributed by atoms with Crippen molar-refractivity contribution in [3.8, 4) is 0 Å². The third kappa shape index (κ3) is 30.2. The molecule has 0 atom stereocenters. The number of carbonyl (C=O) groups excluding carboxylic acids is 3. The molecule has 7 heteroatoms. The van der Waals surface area contributed by atoms with Gasteiger partial charge in [0.05, 0.1) is 5.41 Å². The van der Waals surface area contributed by atoms with E-state index in [2.05, 4.69) is 29.8 Å². The average molecular weight is 760 g/mol. The monoisotopic (exact) mass is 759 g/mol. The number of alkyl halides is 1. The van der Waals surface area contributed by atoms with E-state index in [1.165, 1.54) is 128 Å². The van der Waals surface area contributed by atoms with Crippen molar-refractivity contribution in [2.24, 2.45) is 5.41 Å². The van der Waals surface area contributed by atoms with Crippen molar-refractivity contribution in [2.75, 3.05) is 19.8 Å². The lowest BCUT2D eigenvalue weighted by molar-refractivity contribution is -0.163. The SMILES string of the molecule is CCCCCCCCCCCCCCCC(=O)OCC(CC)(COC(=O)CCCCCCCCCCCCCCC)COC(=O)C(C)(C)Br. The molecule has 0 rings (SSSR count). The number of carbonyl (C=O) groups is 3. The summed E-state index contributed by atoms with van der Waals surface area (Å²) >= 11 is 3.36. The summed E-state index contributed by atoms with van der Waals surface area (Å²) in [6.07, 6.45) is 34.0. The molecule has 6 nitrogen and oxygen atoms in total. The molecule has 0 aliphatic rings. The van der Waals surface area contributed by atoms with E-state index in [0.29, 0.717) is 19.3 Å². The van der Waals surface area contributed by atoms with Gasteiger partial charge in [-0.1, -0.05) is 191 Å². The summed E-state index contributed by atoms with van der Waals surface area (Å²) < 4.78 is 16.2. The summed E-state index contributed by atoms with van der Waals surface area (Å²) in [5, 5.41) is 0. The maximum absolute atomic E-state index is 12.6.